The van der Waals surface area contributed by atoms with Crippen molar-refractivity contribution in [1.82, 2.24) is 5.32 Å². The Morgan fingerprint density at radius 3 is 2.57 bits per heavy atom. The van der Waals surface area contributed by atoms with Crippen LogP contribution in [-0.2, 0) is 9.53 Å². The summed E-state index contributed by atoms with van der Waals surface area (Å²) in [5.41, 5.74) is 0.658. The maximum atomic E-state index is 11.8. The van der Waals surface area contributed by atoms with Gasteiger partial charge in [0.1, 0.15) is 6.29 Å². The molecule has 0 aromatic heterocycles. The molecule has 21 heavy (non-hydrogen) atoms. The minimum atomic E-state index is -0.319. The summed E-state index contributed by atoms with van der Waals surface area (Å²) in [6.45, 7) is 4.19. The molecule has 1 atom stereocenters. The Balaban J connectivity index is 2.40. The van der Waals surface area contributed by atoms with Gasteiger partial charge in [0.25, 0.3) is 0 Å². The van der Waals surface area contributed by atoms with Gasteiger partial charge >= 0.3 is 6.03 Å². The van der Waals surface area contributed by atoms with Crippen molar-refractivity contribution in [2.75, 3.05) is 11.9 Å². The van der Waals surface area contributed by atoms with Crippen LogP contribution in [0.4, 0.5) is 10.5 Å². The molecule has 6 heteroatoms. The minimum absolute atomic E-state index is 0.0442. The third-order valence-corrected chi connectivity index (χ3v) is 2.92. The second-order valence-corrected chi connectivity index (χ2v) is 5.33. The first-order chi connectivity index (χ1) is 10.0. The van der Waals surface area contributed by atoms with E-state index in [1.54, 1.807) is 24.3 Å². The molecule has 2 amide bonds. The summed E-state index contributed by atoms with van der Waals surface area (Å²) in [6, 6.07) is 6.52. The first-order valence-electron chi connectivity index (χ1n) is 6.90. The van der Waals surface area contributed by atoms with Gasteiger partial charge in [-0.2, -0.15) is 0 Å². The molecule has 116 valence electrons. The average molecular weight is 313 g/mol. The standard InChI is InChI=1S/C15H21ClN2O3/c1-11(2)21-14(4-3-9-19)10-17-15(20)18-13-7-5-12(16)6-8-13/h5-9,11,14H,3-4,10H2,1-2H3,(H2,17,18,20)/t14-/m1/s1. The van der Waals surface area contributed by atoms with Crippen LogP contribution in [0.3, 0.4) is 0 Å². The molecule has 1 aromatic rings. The van der Waals surface area contributed by atoms with E-state index in [9.17, 15) is 9.59 Å². The number of aldehydes is 1. The third-order valence-electron chi connectivity index (χ3n) is 2.66. The van der Waals surface area contributed by atoms with E-state index in [0.717, 1.165) is 6.29 Å². The van der Waals surface area contributed by atoms with Crippen LogP contribution in [0, 0.1) is 0 Å². The fraction of sp³-hybridized carbons (Fsp3) is 0.467. The van der Waals surface area contributed by atoms with Crippen LogP contribution in [0.25, 0.3) is 0 Å². The van der Waals surface area contributed by atoms with Crippen molar-refractivity contribution in [3.05, 3.63) is 29.3 Å². The molecule has 0 radical (unpaired) electrons. The number of ether oxygens (including phenoxy) is 1. The van der Waals surface area contributed by atoms with Crippen molar-refractivity contribution in [3.63, 3.8) is 0 Å². The first-order valence-corrected chi connectivity index (χ1v) is 7.28. The number of rotatable bonds is 8. The highest BCUT2D eigenvalue weighted by molar-refractivity contribution is 6.30. The van der Waals surface area contributed by atoms with Crippen molar-refractivity contribution in [2.24, 2.45) is 0 Å². The molecule has 0 saturated carbocycles. The van der Waals surface area contributed by atoms with Gasteiger partial charge in [-0.25, -0.2) is 4.79 Å². The summed E-state index contributed by atoms with van der Waals surface area (Å²) >= 11 is 5.77. The largest absolute Gasteiger partial charge is 0.374 e. The van der Waals surface area contributed by atoms with E-state index >= 15 is 0 Å². The zero-order valence-corrected chi connectivity index (χ0v) is 13.0. The average Bonchev–Trinajstić information content (AvgIpc) is 2.44. The van der Waals surface area contributed by atoms with E-state index in [1.807, 2.05) is 13.8 Å². The maximum Gasteiger partial charge on any atom is 0.319 e. The number of nitrogens with one attached hydrogen (secondary N) is 2. The number of anilines is 1. The maximum absolute atomic E-state index is 11.8. The summed E-state index contributed by atoms with van der Waals surface area (Å²) in [7, 11) is 0. The highest BCUT2D eigenvalue weighted by Crippen LogP contribution is 2.13. The zero-order valence-electron chi connectivity index (χ0n) is 12.3. The van der Waals surface area contributed by atoms with Gasteiger partial charge in [-0.3, -0.25) is 0 Å². The number of carbonyl (C=O) groups excluding carboxylic acids is 2. The van der Waals surface area contributed by atoms with Crippen molar-refractivity contribution < 1.29 is 14.3 Å². The molecule has 0 bridgehead atoms. The predicted molar refractivity (Wildman–Crippen MR) is 83.8 cm³/mol. The van der Waals surface area contributed by atoms with E-state index < -0.39 is 0 Å². The summed E-state index contributed by atoms with van der Waals surface area (Å²) < 4.78 is 5.65. The van der Waals surface area contributed by atoms with Gasteiger partial charge in [0.05, 0.1) is 12.2 Å². The molecule has 1 rings (SSSR count). The molecule has 0 aliphatic heterocycles. The number of halogens is 1. The molecule has 1 aromatic carbocycles. The van der Waals surface area contributed by atoms with Crippen molar-refractivity contribution in [3.8, 4) is 0 Å². The van der Waals surface area contributed by atoms with Crippen LogP contribution < -0.4 is 10.6 Å². The van der Waals surface area contributed by atoms with E-state index in [1.165, 1.54) is 0 Å². The van der Waals surface area contributed by atoms with Gasteiger partial charge in [0.15, 0.2) is 0 Å². The molecular weight excluding hydrogens is 292 g/mol. The van der Waals surface area contributed by atoms with Crippen LogP contribution in [0.1, 0.15) is 26.7 Å². The van der Waals surface area contributed by atoms with Crippen LogP contribution in [0.2, 0.25) is 5.02 Å². The molecule has 2 N–H and O–H groups in total. The number of urea groups is 1. The van der Waals surface area contributed by atoms with E-state index in [2.05, 4.69) is 10.6 Å². The second kappa shape index (κ2) is 9.37. The smallest absolute Gasteiger partial charge is 0.319 e. The molecule has 0 fully saturated rings. The van der Waals surface area contributed by atoms with Crippen molar-refractivity contribution in [2.45, 2.75) is 38.9 Å². The molecule has 0 aliphatic carbocycles. The van der Waals surface area contributed by atoms with Gasteiger partial charge in [-0.05, 0) is 44.5 Å². The highest BCUT2D eigenvalue weighted by Gasteiger charge is 2.12. The SMILES string of the molecule is CC(C)O[C@H](CCC=O)CNC(=O)Nc1ccc(Cl)cc1. The Morgan fingerprint density at radius 1 is 1.33 bits per heavy atom. The van der Waals surface area contributed by atoms with E-state index in [0.29, 0.717) is 30.1 Å². The highest BCUT2D eigenvalue weighted by atomic mass is 35.5. The fourth-order valence-corrected chi connectivity index (χ4v) is 1.90. The van der Waals surface area contributed by atoms with Crippen LogP contribution >= 0.6 is 11.6 Å². The molecule has 5 nitrogen and oxygen atoms in total. The lowest BCUT2D eigenvalue weighted by Gasteiger charge is -2.20. The Morgan fingerprint density at radius 2 is 2.00 bits per heavy atom. The number of hydrogen-bond acceptors (Lipinski definition) is 3. The van der Waals surface area contributed by atoms with E-state index in [-0.39, 0.29) is 18.2 Å². The minimum Gasteiger partial charge on any atom is -0.374 e. The molecule has 0 unspecified atom stereocenters. The zero-order chi connectivity index (χ0) is 15.7. The number of amides is 2. The van der Waals surface area contributed by atoms with Crippen molar-refractivity contribution in [1.29, 1.82) is 0 Å². The molecule has 0 saturated heterocycles. The van der Waals surface area contributed by atoms with Gasteiger partial charge < -0.3 is 20.2 Å². The van der Waals surface area contributed by atoms with Crippen LogP contribution in [0.5, 0.6) is 0 Å². The molecule has 0 aliphatic rings. The summed E-state index contributed by atoms with van der Waals surface area (Å²) in [5.74, 6) is 0. The van der Waals surface area contributed by atoms with Crippen LogP contribution in [-0.4, -0.2) is 31.1 Å². The Kier molecular flexibility index (Phi) is 7.79. The van der Waals surface area contributed by atoms with Crippen LogP contribution in [0.15, 0.2) is 24.3 Å². The molecule has 0 heterocycles. The number of carbonyl (C=O) groups is 2. The van der Waals surface area contributed by atoms with Gasteiger partial charge in [0, 0.05) is 23.7 Å². The Hall–Kier alpha value is -1.59. The Labute approximate surface area is 130 Å². The van der Waals surface area contributed by atoms with Gasteiger partial charge in [0.2, 0.25) is 0 Å². The number of hydrogen-bond donors (Lipinski definition) is 2. The number of benzene rings is 1. The third kappa shape index (κ3) is 7.68. The normalized spacial score (nSPS) is 12.0. The van der Waals surface area contributed by atoms with Crippen molar-refractivity contribution >= 4 is 29.6 Å². The topological polar surface area (TPSA) is 67.4 Å². The lowest BCUT2D eigenvalue weighted by molar-refractivity contribution is -0.108. The van der Waals surface area contributed by atoms with Gasteiger partial charge in [-0.1, -0.05) is 11.6 Å². The van der Waals surface area contributed by atoms with Gasteiger partial charge in [-0.15, -0.1) is 0 Å². The fourth-order valence-electron chi connectivity index (χ4n) is 1.77. The predicted octanol–water partition coefficient (Wildman–Crippen LogP) is 3.23. The van der Waals surface area contributed by atoms with E-state index in [4.69, 9.17) is 16.3 Å². The second-order valence-electron chi connectivity index (χ2n) is 4.89. The summed E-state index contributed by atoms with van der Waals surface area (Å²) in [6.07, 6.45) is 1.72. The lowest BCUT2D eigenvalue weighted by Crippen LogP contribution is -2.37. The molecular formula is C15H21ClN2O3. The first kappa shape index (κ1) is 17.5. The lowest BCUT2D eigenvalue weighted by atomic mass is 10.2. The Bertz CT molecular complexity index is 449. The monoisotopic (exact) mass is 312 g/mol. The summed E-state index contributed by atoms with van der Waals surface area (Å²) in [5, 5.41) is 6.05. The molecule has 0 spiro atoms. The summed E-state index contributed by atoms with van der Waals surface area (Å²) in [4.78, 5) is 22.2. The quantitative estimate of drug-likeness (QED) is 0.724.